The number of amides is 1. The molecule has 1 saturated carbocycles. The van der Waals surface area contributed by atoms with Gasteiger partial charge in [-0.05, 0) is 18.9 Å². The molecule has 0 aliphatic heterocycles. The summed E-state index contributed by atoms with van der Waals surface area (Å²) < 4.78 is 10.9. The van der Waals surface area contributed by atoms with Crippen molar-refractivity contribution in [1.29, 1.82) is 0 Å². The molecule has 7 nitrogen and oxygen atoms in total. The quantitative estimate of drug-likeness (QED) is 0.922. The highest BCUT2D eigenvalue weighted by Crippen LogP contribution is 2.17. The van der Waals surface area contributed by atoms with Crippen LogP contribution in [-0.2, 0) is 11.3 Å². The first-order chi connectivity index (χ1) is 10.2. The molecule has 0 atom stereocenters. The van der Waals surface area contributed by atoms with Gasteiger partial charge in [-0.3, -0.25) is 4.79 Å². The van der Waals surface area contributed by atoms with Crippen LogP contribution in [0.2, 0.25) is 0 Å². The zero-order valence-electron chi connectivity index (χ0n) is 11.6. The normalized spacial score (nSPS) is 16.0. The van der Waals surface area contributed by atoms with Crippen LogP contribution in [0.1, 0.15) is 32.1 Å². The van der Waals surface area contributed by atoms with E-state index in [1.165, 1.54) is 18.9 Å². The summed E-state index contributed by atoms with van der Waals surface area (Å²) in [5.74, 6) is -0.708. The van der Waals surface area contributed by atoms with Crippen LogP contribution in [0.5, 0.6) is 0 Å². The van der Waals surface area contributed by atoms with Crippen molar-refractivity contribution in [3.8, 4) is 11.5 Å². The van der Waals surface area contributed by atoms with Crippen molar-refractivity contribution in [2.24, 2.45) is 0 Å². The average Bonchev–Trinajstić information content (AvgIpc) is 3.10. The number of furan rings is 1. The van der Waals surface area contributed by atoms with Gasteiger partial charge in [0.2, 0.25) is 5.91 Å². The topological polar surface area (TPSA) is 90.3 Å². The van der Waals surface area contributed by atoms with Crippen molar-refractivity contribution in [2.75, 3.05) is 0 Å². The van der Waals surface area contributed by atoms with Crippen molar-refractivity contribution >= 4 is 5.91 Å². The Kier molecular flexibility index (Phi) is 3.89. The van der Waals surface area contributed by atoms with Crippen molar-refractivity contribution in [3.05, 3.63) is 29.1 Å². The molecule has 1 N–H and O–H groups in total. The average molecular weight is 291 g/mol. The van der Waals surface area contributed by atoms with Gasteiger partial charge in [-0.15, -0.1) is 5.10 Å². The molecular formula is C14H17N3O4. The van der Waals surface area contributed by atoms with Crippen molar-refractivity contribution in [3.63, 3.8) is 0 Å². The predicted molar refractivity (Wildman–Crippen MR) is 73.5 cm³/mol. The standard InChI is InChI=1S/C14H17N3O4/c18-12(15-11-4-2-1-3-5-11)8-17-14(19)21-13(16-17)10-6-7-20-9-10/h6-7,9,11H,1-5,8H2,(H,15,18). The highest BCUT2D eigenvalue weighted by molar-refractivity contribution is 5.75. The first kappa shape index (κ1) is 13.7. The van der Waals surface area contributed by atoms with Crippen LogP contribution >= 0.6 is 0 Å². The predicted octanol–water partition coefficient (Wildman–Crippen LogP) is 1.55. The molecule has 0 radical (unpaired) electrons. The monoisotopic (exact) mass is 291 g/mol. The summed E-state index contributed by atoms with van der Waals surface area (Å²) in [6.45, 7) is -0.128. The Labute approximate surface area is 120 Å². The minimum atomic E-state index is -0.648. The van der Waals surface area contributed by atoms with Gasteiger partial charge < -0.3 is 14.2 Å². The molecule has 0 saturated heterocycles. The third-order valence-electron chi connectivity index (χ3n) is 3.64. The van der Waals surface area contributed by atoms with Crippen LogP contribution < -0.4 is 11.1 Å². The molecule has 1 aliphatic carbocycles. The van der Waals surface area contributed by atoms with Gasteiger partial charge in [0.05, 0.1) is 11.8 Å². The molecule has 0 unspecified atom stereocenters. The Morgan fingerprint density at radius 2 is 2.19 bits per heavy atom. The van der Waals surface area contributed by atoms with Crippen molar-refractivity contribution in [1.82, 2.24) is 15.1 Å². The molecule has 0 bridgehead atoms. The molecule has 0 spiro atoms. The summed E-state index contributed by atoms with van der Waals surface area (Å²) >= 11 is 0. The second kappa shape index (κ2) is 5.99. The molecule has 7 heteroatoms. The van der Waals surface area contributed by atoms with Gasteiger partial charge in [-0.1, -0.05) is 19.3 Å². The Morgan fingerprint density at radius 3 is 2.90 bits per heavy atom. The number of carbonyl (C=O) groups excluding carboxylic acids is 1. The third kappa shape index (κ3) is 3.24. The molecular weight excluding hydrogens is 274 g/mol. The Hall–Kier alpha value is -2.31. The van der Waals surface area contributed by atoms with Crippen LogP contribution in [0.4, 0.5) is 0 Å². The lowest BCUT2D eigenvalue weighted by atomic mass is 9.95. The smallest absolute Gasteiger partial charge is 0.437 e. The summed E-state index contributed by atoms with van der Waals surface area (Å²) in [5.41, 5.74) is 0.568. The lowest BCUT2D eigenvalue weighted by molar-refractivity contribution is -0.122. The number of hydrogen-bond donors (Lipinski definition) is 1. The minimum Gasteiger partial charge on any atom is -0.472 e. The SMILES string of the molecule is O=C(Cn1nc(-c2ccoc2)oc1=O)NC1CCCCC1. The van der Waals surface area contributed by atoms with E-state index < -0.39 is 5.76 Å². The lowest BCUT2D eigenvalue weighted by Crippen LogP contribution is -2.39. The van der Waals surface area contributed by atoms with E-state index in [2.05, 4.69) is 10.4 Å². The molecule has 3 rings (SSSR count). The van der Waals surface area contributed by atoms with E-state index >= 15 is 0 Å². The second-order valence-electron chi connectivity index (χ2n) is 5.25. The molecule has 21 heavy (non-hydrogen) atoms. The van der Waals surface area contributed by atoms with Crippen LogP contribution in [0, 0.1) is 0 Å². The maximum absolute atomic E-state index is 12.0. The lowest BCUT2D eigenvalue weighted by Gasteiger charge is -2.22. The fourth-order valence-electron chi connectivity index (χ4n) is 2.57. The fourth-order valence-corrected chi connectivity index (χ4v) is 2.57. The first-order valence-corrected chi connectivity index (χ1v) is 7.12. The highest BCUT2D eigenvalue weighted by atomic mass is 16.4. The zero-order chi connectivity index (χ0) is 14.7. The van der Waals surface area contributed by atoms with Crippen LogP contribution in [0.3, 0.4) is 0 Å². The Morgan fingerprint density at radius 1 is 1.38 bits per heavy atom. The van der Waals surface area contributed by atoms with Crippen LogP contribution in [0.15, 0.2) is 32.2 Å². The second-order valence-corrected chi connectivity index (χ2v) is 5.25. The van der Waals surface area contributed by atoms with E-state index in [0.29, 0.717) is 5.56 Å². The molecule has 2 aromatic heterocycles. The maximum Gasteiger partial charge on any atom is 0.437 e. The minimum absolute atomic E-state index is 0.128. The van der Waals surface area contributed by atoms with Gasteiger partial charge in [-0.2, -0.15) is 4.68 Å². The largest absolute Gasteiger partial charge is 0.472 e. The van der Waals surface area contributed by atoms with E-state index in [-0.39, 0.29) is 24.4 Å². The van der Waals surface area contributed by atoms with Gasteiger partial charge >= 0.3 is 5.76 Å². The molecule has 1 aliphatic rings. The van der Waals surface area contributed by atoms with E-state index in [4.69, 9.17) is 8.83 Å². The van der Waals surface area contributed by atoms with E-state index in [1.807, 2.05) is 0 Å². The summed E-state index contributed by atoms with van der Waals surface area (Å²) in [4.78, 5) is 23.6. The van der Waals surface area contributed by atoms with E-state index in [0.717, 1.165) is 30.4 Å². The molecule has 1 fully saturated rings. The fraction of sp³-hybridized carbons (Fsp3) is 0.500. The number of aromatic nitrogens is 2. The summed E-state index contributed by atoms with van der Waals surface area (Å²) in [6, 6.07) is 1.85. The van der Waals surface area contributed by atoms with Crippen molar-refractivity contribution < 1.29 is 13.6 Å². The third-order valence-corrected chi connectivity index (χ3v) is 3.64. The van der Waals surface area contributed by atoms with E-state index in [9.17, 15) is 9.59 Å². The summed E-state index contributed by atoms with van der Waals surface area (Å²) in [5, 5.41) is 6.94. The summed E-state index contributed by atoms with van der Waals surface area (Å²) in [6.07, 6.45) is 8.39. The zero-order valence-corrected chi connectivity index (χ0v) is 11.6. The number of carbonyl (C=O) groups is 1. The first-order valence-electron chi connectivity index (χ1n) is 7.12. The van der Waals surface area contributed by atoms with Crippen molar-refractivity contribution in [2.45, 2.75) is 44.7 Å². The molecule has 2 heterocycles. The molecule has 0 aromatic carbocycles. The highest BCUT2D eigenvalue weighted by Gasteiger charge is 2.18. The number of hydrogen-bond acceptors (Lipinski definition) is 5. The number of nitrogens with zero attached hydrogens (tertiary/aromatic N) is 2. The van der Waals surface area contributed by atoms with Gasteiger partial charge in [0, 0.05) is 6.04 Å². The van der Waals surface area contributed by atoms with Gasteiger partial charge in [0.15, 0.2) is 0 Å². The molecule has 112 valence electrons. The van der Waals surface area contributed by atoms with Crippen LogP contribution in [-0.4, -0.2) is 21.7 Å². The summed E-state index contributed by atoms with van der Waals surface area (Å²) in [7, 11) is 0. The number of rotatable bonds is 4. The molecule has 1 amide bonds. The maximum atomic E-state index is 12.0. The number of nitrogens with one attached hydrogen (secondary N) is 1. The van der Waals surface area contributed by atoms with Gasteiger partial charge in [-0.25, -0.2) is 4.79 Å². The van der Waals surface area contributed by atoms with Gasteiger partial charge in [0.1, 0.15) is 12.8 Å². The van der Waals surface area contributed by atoms with Crippen LogP contribution in [0.25, 0.3) is 11.5 Å². The Balaban J connectivity index is 1.64. The van der Waals surface area contributed by atoms with Gasteiger partial charge in [0.25, 0.3) is 5.89 Å². The Bertz CT molecular complexity index is 650. The molecule has 2 aromatic rings. The van der Waals surface area contributed by atoms with E-state index in [1.54, 1.807) is 6.07 Å².